The summed E-state index contributed by atoms with van der Waals surface area (Å²) in [5, 5.41) is 19.1. The van der Waals surface area contributed by atoms with Gasteiger partial charge in [-0.15, -0.1) is 0 Å². The molecule has 0 aromatic heterocycles. The van der Waals surface area contributed by atoms with Crippen LogP contribution in [0.15, 0.2) is 12.1 Å². The Bertz CT molecular complexity index is 464. The Balaban J connectivity index is 2.38. The minimum Gasteiger partial charge on any atom is -0.507 e. The summed E-state index contributed by atoms with van der Waals surface area (Å²) in [6, 6.07) is 2.71. The van der Waals surface area contributed by atoms with Gasteiger partial charge in [0.25, 0.3) is 0 Å². The highest BCUT2D eigenvalue weighted by atomic mass is 16.4. The van der Waals surface area contributed by atoms with E-state index >= 15 is 0 Å². The second kappa shape index (κ2) is 4.98. The molecule has 18 heavy (non-hydrogen) atoms. The third kappa shape index (κ3) is 2.34. The molecule has 0 spiro atoms. The van der Waals surface area contributed by atoms with E-state index in [4.69, 9.17) is 10.8 Å². The van der Waals surface area contributed by atoms with Crippen molar-refractivity contribution in [2.45, 2.75) is 38.6 Å². The van der Waals surface area contributed by atoms with Gasteiger partial charge in [-0.3, -0.25) is 0 Å². The predicted octanol–water partition coefficient (Wildman–Crippen LogP) is 2.59. The number of aromatic carboxylic acids is 1. The molecule has 2 rings (SSSR count). The van der Waals surface area contributed by atoms with Gasteiger partial charge in [0.05, 0.1) is 5.56 Å². The summed E-state index contributed by atoms with van der Waals surface area (Å²) >= 11 is 0. The van der Waals surface area contributed by atoms with Gasteiger partial charge in [0.1, 0.15) is 5.75 Å². The number of carboxylic acids is 1. The Labute approximate surface area is 106 Å². The molecule has 0 amide bonds. The number of carboxylic acid groups (broad SMARTS) is 1. The molecule has 1 atom stereocenters. The van der Waals surface area contributed by atoms with E-state index in [1.54, 1.807) is 6.92 Å². The van der Waals surface area contributed by atoms with Crippen LogP contribution >= 0.6 is 0 Å². The molecule has 1 aromatic rings. The maximum atomic E-state index is 11.0. The average Bonchev–Trinajstić information content (AvgIpc) is 2.85. The molecule has 4 nitrogen and oxygen atoms in total. The summed E-state index contributed by atoms with van der Waals surface area (Å²) in [6.07, 6.45) is 4.43. The number of carbonyl (C=O) groups is 1. The first-order valence-corrected chi connectivity index (χ1v) is 6.33. The summed E-state index contributed by atoms with van der Waals surface area (Å²) in [7, 11) is 0. The molecule has 0 bridgehead atoms. The number of aromatic hydroxyl groups is 1. The van der Waals surface area contributed by atoms with E-state index in [0.29, 0.717) is 17.0 Å². The fourth-order valence-corrected chi connectivity index (χ4v) is 2.75. The van der Waals surface area contributed by atoms with Crippen LogP contribution in [-0.4, -0.2) is 16.2 Å². The topological polar surface area (TPSA) is 83.5 Å². The van der Waals surface area contributed by atoms with Gasteiger partial charge in [-0.05, 0) is 43.4 Å². The highest BCUT2D eigenvalue weighted by molar-refractivity contribution is 5.88. The molecule has 0 aliphatic heterocycles. The zero-order valence-electron chi connectivity index (χ0n) is 10.5. The summed E-state index contributed by atoms with van der Waals surface area (Å²) in [5.41, 5.74) is 7.51. The molecular weight excluding hydrogens is 230 g/mol. The normalized spacial score (nSPS) is 17.9. The van der Waals surface area contributed by atoms with Gasteiger partial charge in [0, 0.05) is 11.6 Å². The third-order valence-corrected chi connectivity index (χ3v) is 3.84. The SMILES string of the molecule is Cc1cc(C(=O)O)cc([C@H](N)C2CCCC2)c1O. The number of hydrogen-bond donors (Lipinski definition) is 3. The molecule has 1 aliphatic rings. The van der Waals surface area contributed by atoms with E-state index in [1.807, 2.05) is 0 Å². The van der Waals surface area contributed by atoms with E-state index in [9.17, 15) is 9.90 Å². The van der Waals surface area contributed by atoms with E-state index in [-0.39, 0.29) is 17.4 Å². The van der Waals surface area contributed by atoms with Gasteiger partial charge >= 0.3 is 5.97 Å². The van der Waals surface area contributed by atoms with E-state index in [1.165, 1.54) is 12.1 Å². The first-order chi connectivity index (χ1) is 8.50. The van der Waals surface area contributed by atoms with Crippen molar-refractivity contribution in [1.29, 1.82) is 0 Å². The van der Waals surface area contributed by atoms with Crippen LogP contribution in [0.2, 0.25) is 0 Å². The van der Waals surface area contributed by atoms with Crippen LogP contribution in [0, 0.1) is 12.8 Å². The first kappa shape index (κ1) is 12.9. The quantitative estimate of drug-likeness (QED) is 0.768. The molecule has 98 valence electrons. The molecule has 4 heteroatoms. The highest BCUT2D eigenvalue weighted by Gasteiger charge is 2.26. The Morgan fingerprint density at radius 2 is 2.00 bits per heavy atom. The van der Waals surface area contributed by atoms with Crippen LogP contribution in [-0.2, 0) is 0 Å². The molecular formula is C14H19NO3. The standard InChI is InChI=1S/C14H19NO3/c1-8-6-10(14(17)18)7-11(13(8)16)12(15)9-4-2-3-5-9/h6-7,9,12,16H,2-5,15H2,1H3,(H,17,18)/t12-/m1/s1. The molecule has 1 aliphatic carbocycles. The lowest BCUT2D eigenvalue weighted by Crippen LogP contribution is -2.20. The van der Waals surface area contributed by atoms with Crippen LogP contribution in [0.1, 0.15) is 53.2 Å². The van der Waals surface area contributed by atoms with Crippen LogP contribution < -0.4 is 5.73 Å². The molecule has 1 aromatic carbocycles. The Hall–Kier alpha value is -1.55. The van der Waals surface area contributed by atoms with Gasteiger partial charge in [-0.2, -0.15) is 0 Å². The largest absolute Gasteiger partial charge is 0.507 e. The number of rotatable bonds is 3. The lowest BCUT2D eigenvalue weighted by Gasteiger charge is -2.21. The van der Waals surface area contributed by atoms with Gasteiger partial charge in [0.2, 0.25) is 0 Å². The number of phenols is 1. The maximum Gasteiger partial charge on any atom is 0.335 e. The number of hydrogen-bond acceptors (Lipinski definition) is 3. The van der Waals surface area contributed by atoms with Gasteiger partial charge < -0.3 is 15.9 Å². The number of nitrogens with two attached hydrogens (primary N) is 1. The van der Waals surface area contributed by atoms with Crippen molar-refractivity contribution in [1.82, 2.24) is 0 Å². The molecule has 1 fully saturated rings. The zero-order valence-corrected chi connectivity index (χ0v) is 10.5. The first-order valence-electron chi connectivity index (χ1n) is 6.33. The fourth-order valence-electron chi connectivity index (χ4n) is 2.75. The van der Waals surface area contributed by atoms with Gasteiger partial charge in [-0.1, -0.05) is 12.8 Å². The molecule has 0 unspecified atom stereocenters. The summed E-state index contributed by atoms with van der Waals surface area (Å²) < 4.78 is 0. The van der Waals surface area contributed by atoms with Crippen molar-refractivity contribution in [2.24, 2.45) is 11.7 Å². The molecule has 1 saturated carbocycles. The third-order valence-electron chi connectivity index (χ3n) is 3.84. The monoisotopic (exact) mass is 249 g/mol. The number of benzene rings is 1. The lowest BCUT2D eigenvalue weighted by atomic mass is 9.89. The summed E-state index contributed by atoms with van der Waals surface area (Å²) in [4.78, 5) is 11.0. The van der Waals surface area contributed by atoms with Crippen LogP contribution in [0.5, 0.6) is 5.75 Å². The van der Waals surface area contributed by atoms with Gasteiger partial charge in [-0.25, -0.2) is 4.79 Å². The van der Waals surface area contributed by atoms with Crippen molar-refractivity contribution in [3.8, 4) is 5.75 Å². The second-order valence-corrected chi connectivity index (χ2v) is 5.11. The lowest BCUT2D eigenvalue weighted by molar-refractivity contribution is 0.0696. The predicted molar refractivity (Wildman–Crippen MR) is 68.7 cm³/mol. The number of aryl methyl sites for hydroxylation is 1. The Morgan fingerprint density at radius 1 is 1.39 bits per heavy atom. The summed E-state index contributed by atoms with van der Waals surface area (Å²) in [5.74, 6) is -0.503. The van der Waals surface area contributed by atoms with Crippen molar-refractivity contribution in [3.05, 3.63) is 28.8 Å². The molecule has 0 heterocycles. The van der Waals surface area contributed by atoms with Crippen molar-refractivity contribution in [2.75, 3.05) is 0 Å². The average molecular weight is 249 g/mol. The van der Waals surface area contributed by atoms with Gasteiger partial charge in [0.15, 0.2) is 0 Å². The van der Waals surface area contributed by atoms with E-state index in [2.05, 4.69) is 0 Å². The second-order valence-electron chi connectivity index (χ2n) is 5.11. The van der Waals surface area contributed by atoms with E-state index < -0.39 is 5.97 Å². The van der Waals surface area contributed by atoms with Crippen molar-refractivity contribution in [3.63, 3.8) is 0 Å². The van der Waals surface area contributed by atoms with Crippen molar-refractivity contribution < 1.29 is 15.0 Å². The highest BCUT2D eigenvalue weighted by Crippen LogP contribution is 2.38. The Morgan fingerprint density at radius 3 is 2.56 bits per heavy atom. The molecule has 0 radical (unpaired) electrons. The molecule has 4 N–H and O–H groups in total. The zero-order chi connectivity index (χ0) is 13.3. The maximum absolute atomic E-state index is 11.0. The van der Waals surface area contributed by atoms with Crippen LogP contribution in [0.25, 0.3) is 0 Å². The minimum absolute atomic E-state index is 0.138. The fraction of sp³-hybridized carbons (Fsp3) is 0.500. The summed E-state index contributed by atoms with van der Waals surface area (Å²) in [6.45, 7) is 1.70. The van der Waals surface area contributed by atoms with Crippen molar-refractivity contribution >= 4 is 5.97 Å². The number of phenolic OH excluding ortho intramolecular Hbond substituents is 1. The smallest absolute Gasteiger partial charge is 0.335 e. The molecule has 0 saturated heterocycles. The minimum atomic E-state index is -0.988. The van der Waals surface area contributed by atoms with Crippen LogP contribution in [0.4, 0.5) is 0 Å². The Kier molecular flexibility index (Phi) is 3.57. The van der Waals surface area contributed by atoms with E-state index in [0.717, 1.165) is 25.7 Å². The van der Waals surface area contributed by atoms with Crippen LogP contribution in [0.3, 0.4) is 0 Å².